The second-order valence-corrected chi connectivity index (χ2v) is 8.70. The van der Waals surface area contributed by atoms with Gasteiger partial charge in [0.25, 0.3) is 0 Å². The van der Waals surface area contributed by atoms with Crippen molar-refractivity contribution in [2.45, 2.75) is 39.7 Å². The molecule has 1 fully saturated rings. The molecule has 6 heteroatoms. The molecule has 1 N–H and O–H groups in total. The lowest BCUT2D eigenvalue weighted by atomic mass is 10.1. The maximum atomic E-state index is 12.5. The normalized spacial score (nSPS) is 13.5. The Morgan fingerprint density at radius 3 is 2.63 bits per heavy atom. The number of anilines is 2. The van der Waals surface area contributed by atoms with Crippen LogP contribution in [0, 0.1) is 13.8 Å². The standard InChI is InChI=1S/C24H27N3O2S/c1-17-5-8-21(9-6-17)29-15-24-25-19(16-30-24)14-23(28)26-22-10-7-20(13-18(22)2)27-11-3-4-12-27/h5-10,13,16H,3-4,11-12,14-15H2,1-2H3,(H,26,28). The number of ether oxygens (including phenoxy) is 1. The van der Waals surface area contributed by atoms with Crippen LogP contribution >= 0.6 is 11.3 Å². The summed E-state index contributed by atoms with van der Waals surface area (Å²) in [6.07, 6.45) is 2.76. The first kappa shape index (κ1) is 20.4. The average molecular weight is 422 g/mol. The first-order valence-electron chi connectivity index (χ1n) is 10.3. The average Bonchev–Trinajstić information content (AvgIpc) is 3.41. The first-order chi connectivity index (χ1) is 14.6. The van der Waals surface area contributed by atoms with E-state index in [-0.39, 0.29) is 12.3 Å². The smallest absolute Gasteiger partial charge is 0.230 e. The van der Waals surface area contributed by atoms with Gasteiger partial charge in [0.05, 0.1) is 12.1 Å². The fourth-order valence-corrected chi connectivity index (χ4v) is 4.30. The van der Waals surface area contributed by atoms with Gasteiger partial charge in [-0.3, -0.25) is 4.79 Å². The van der Waals surface area contributed by atoms with E-state index < -0.39 is 0 Å². The highest BCUT2D eigenvalue weighted by molar-refractivity contribution is 7.09. The molecule has 2 heterocycles. The molecule has 0 spiro atoms. The highest BCUT2D eigenvalue weighted by Crippen LogP contribution is 2.25. The number of aromatic nitrogens is 1. The molecule has 1 amide bonds. The molecule has 2 aromatic carbocycles. The predicted molar refractivity (Wildman–Crippen MR) is 123 cm³/mol. The van der Waals surface area contributed by atoms with Crippen molar-refractivity contribution in [3.63, 3.8) is 0 Å². The highest BCUT2D eigenvalue weighted by atomic mass is 32.1. The largest absolute Gasteiger partial charge is 0.486 e. The van der Waals surface area contributed by atoms with Crippen LogP contribution in [0.4, 0.5) is 11.4 Å². The maximum absolute atomic E-state index is 12.5. The topological polar surface area (TPSA) is 54.5 Å². The predicted octanol–water partition coefficient (Wildman–Crippen LogP) is 5.12. The van der Waals surface area contributed by atoms with Gasteiger partial charge in [-0.15, -0.1) is 11.3 Å². The summed E-state index contributed by atoms with van der Waals surface area (Å²) < 4.78 is 5.77. The molecule has 156 valence electrons. The number of rotatable bonds is 7. The molecule has 0 saturated carbocycles. The third kappa shape index (κ3) is 5.19. The van der Waals surface area contributed by atoms with E-state index in [2.05, 4.69) is 27.3 Å². The van der Waals surface area contributed by atoms with Gasteiger partial charge in [-0.05, 0) is 62.6 Å². The van der Waals surface area contributed by atoms with Crippen molar-refractivity contribution in [3.8, 4) is 5.75 Å². The van der Waals surface area contributed by atoms with E-state index >= 15 is 0 Å². The Kier molecular flexibility index (Phi) is 6.33. The van der Waals surface area contributed by atoms with Crippen LogP contribution in [0.15, 0.2) is 47.8 Å². The van der Waals surface area contributed by atoms with Crippen molar-refractivity contribution in [2.24, 2.45) is 0 Å². The number of carbonyl (C=O) groups is 1. The maximum Gasteiger partial charge on any atom is 0.230 e. The number of nitrogens with one attached hydrogen (secondary N) is 1. The van der Waals surface area contributed by atoms with Gasteiger partial charge in [-0.2, -0.15) is 0 Å². The van der Waals surface area contributed by atoms with Gasteiger partial charge in [0.1, 0.15) is 17.4 Å². The first-order valence-corrected chi connectivity index (χ1v) is 11.2. The second kappa shape index (κ2) is 9.30. The van der Waals surface area contributed by atoms with Crippen molar-refractivity contribution in [3.05, 3.63) is 69.7 Å². The number of hydrogen-bond acceptors (Lipinski definition) is 5. The summed E-state index contributed by atoms with van der Waals surface area (Å²) in [7, 11) is 0. The third-order valence-electron chi connectivity index (χ3n) is 5.28. The van der Waals surface area contributed by atoms with Gasteiger partial charge in [0, 0.05) is 29.8 Å². The monoisotopic (exact) mass is 421 g/mol. The van der Waals surface area contributed by atoms with E-state index in [1.54, 1.807) is 0 Å². The molecule has 3 aromatic rings. The van der Waals surface area contributed by atoms with E-state index in [0.29, 0.717) is 6.61 Å². The summed E-state index contributed by atoms with van der Waals surface area (Å²) in [4.78, 5) is 19.4. The Labute approximate surface area is 181 Å². The van der Waals surface area contributed by atoms with Gasteiger partial charge in [-0.25, -0.2) is 4.98 Å². The van der Waals surface area contributed by atoms with Crippen LogP contribution in [0.2, 0.25) is 0 Å². The van der Waals surface area contributed by atoms with E-state index in [0.717, 1.165) is 40.8 Å². The SMILES string of the molecule is Cc1ccc(OCc2nc(CC(=O)Nc3ccc(N4CCCC4)cc3C)cs2)cc1. The minimum absolute atomic E-state index is 0.0525. The fraction of sp³-hybridized carbons (Fsp3) is 0.333. The molecule has 0 aliphatic carbocycles. The minimum atomic E-state index is -0.0525. The van der Waals surface area contributed by atoms with Crippen molar-refractivity contribution < 1.29 is 9.53 Å². The van der Waals surface area contributed by atoms with E-state index in [9.17, 15) is 4.79 Å². The van der Waals surface area contributed by atoms with E-state index in [1.165, 1.54) is 35.4 Å². The van der Waals surface area contributed by atoms with Crippen LogP contribution in [0.5, 0.6) is 5.75 Å². The second-order valence-electron chi connectivity index (χ2n) is 7.75. The summed E-state index contributed by atoms with van der Waals surface area (Å²) in [5.41, 5.74) is 5.15. The van der Waals surface area contributed by atoms with Crippen LogP contribution in [-0.2, 0) is 17.8 Å². The van der Waals surface area contributed by atoms with Gasteiger partial charge in [0.2, 0.25) is 5.91 Å². The van der Waals surface area contributed by atoms with Gasteiger partial charge >= 0.3 is 0 Å². The molecular formula is C24H27N3O2S. The Balaban J connectivity index is 1.30. The summed E-state index contributed by atoms with van der Waals surface area (Å²) in [5.74, 6) is 0.770. The number of thiazole rings is 1. The lowest BCUT2D eigenvalue weighted by Crippen LogP contribution is -2.18. The third-order valence-corrected chi connectivity index (χ3v) is 6.15. The van der Waals surface area contributed by atoms with Gasteiger partial charge in [-0.1, -0.05) is 17.7 Å². The molecular weight excluding hydrogens is 394 g/mol. The number of amides is 1. The molecule has 1 aliphatic heterocycles. The molecule has 0 atom stereocenters. The molecule has 0 radical (unpaired) electrons. The number of carbonyl (C=O) groups excluding carboxylic acids is 1. The van der Waals surface area contributed by atoms with Crippen LogP contribution in [0.3, 0.4) is 0 Å². The zero-order chi connectivity index (χ0) is 20.9. The number of hydrogen-bond donors (Lipinski definition) is 1. The summed E-state index contributed by atoms with van der Waals surface area (Å²) >= 11 is 1.52. The lowest BCUT2D eigenvalue weighted by molar-refractivity contribution is -0.115. The summed E-state index contributed by atoms with van der Waals surface area (Å²) in [6.45, 7) is 6.73. The van der Waals surface area contributed by atoms with E-state index in [4.69, 9.17) is 4.74 Å². The van der Waals surface area contributed by atoms with Gasteiger partial charge in [0.15, 0.2) is 0 Å². The quantitative estimate of drug-likeness (QED) is 0.575. The Morgan fingerprint density at radius 1 is 1.13 bits per heavy atom. The number of aryl methyl sites for hydroxylation is 2. The van der Waals surface area contributed by atoms with Gasteiger partial charge < -0.3 is 15.0 Å². The fourth-order valence-electron chi connectivity index (χ4n) is 3.59. The highest BCUT2D eigenvalue weighted by Gasteiger charge is 2.14. The van der Waals surface area contributed by atoms with Crippen molar-refractivity contribution >= 4 is 28.6 Å². The molecule has 5 nitrogen and oxygen atoms in total. The molecule has 4 rings (SSSR count). The van der Waals surface area contributed by atoms with Crippen molar-refractivity contribution in [1.82, 2.24) is 4.98 Å². The summed E-state index contributed by atoms with van der Waals surface area (Å²) in [6, 6.07) is 14.2. The molecule has 30 heavy (non-hydrogen) atoms. The van der Waals surface area contributed by atoms with Crippen molar-refractivity contribution in [2.75, 3.05) is 23.3 Å². The molecule has 1 aliphatic rings. The van der Waals surface area contributed by atoms with E-state index in [1.807, 2.05) is 49.6 Å². The lowest BCUT2D eigenvalue weighted by Gasteiger charge is -2.19. The summed E-state index contributed by atoms with van der Waals surface area (Å²) in [5, 5.41) is 5.82. The zero-order valence-electron chi connectivity index (χ0n) is 17.5. The number of benzene rings is 2. The zero-order valence-corrected chi connectivity index (χ0v) is 18.3. The molecule has 1 saturated heterocycles. The molecule has 0 bridgehead atoms. The molecule has 1 aromatic heterocycles. The van der Waals surface area contributed by atoms with Crippen LogP contribution in [0.1, 0.15) is 34.7 Å². The molecule has 0 unspecified atom stereocenters. The Hall–Kier alpha value is -2.86. The minimum Gasteiger partial charge on any atom is -0.486 e. The Morgan fingerprint density at radius 2 is 1.90 bits per heavy atom. The van der Waals surface area contributed by atoms with Crippen molar-refractivity contribution in [1.29, 1.82) is 0 Å². The Bertz CT molecular complexity index is 1010. The van der Waals surface area contributed by atoms with Crippen LogP contribution in [-0.4, -0.2) is 24.0 Å². The van der Waals surface area contributed by atoms with Crippen LogP contribution < -0.4 is 15.0 Å². The van der Waals surface area contributed by atoms with Crippen LogP contribution in [0.25, 0.3) is 0 Å². The number of nitrogens with zero attached hydrogens (tertiary/aromatic N) is 2.